The summed E-state index contributed by atoms with van der Waals surface area (Å²) in [6.45, 7) is 0.862. The van der Waals surface area contributed by atoms with Gasteiger partial charge < -0.3 is 9.64 Å². The minimum absolute atomic E-state index is 0.124. The molecule has 21 heavy (non-hydrogen) atoms. The second-order valence-corrected chi connectivity index (χ2v) is 5.76. The SMILES string of the molecule is COC(=O)C1CCN(C(=O)CSc2ccc(F)c(F)c2)C1. The van der Waals surface area contributed by atoms with E-state index in [0.29, 0.717) is 24.4 Å². The average molecular weight is 315 g/mol. The second kappa shape index (κ2) is 6.89. The lowest BCUT2D eigenvalue weighted by atomic mass is 10.1. The standard InChI is InChI=1S/C14H15F2NO3S/c1-20-14(19)9-4-5-17(7-9)13(18)8-21-10-2-3-11(15)12(16)6-10/h2-3,6,9H,4-5,7-8H2,1H3. The van der Waals surface area contributed by atoms with Crippen molar-refractivity contribution in [1.82, 2.24) is 4.90 Å². The van der Waals surface area contributed by atoms with Crippen molar-refractivity contribution in [1.29, 1.82) is 0 Å². The van der Waals surface area contributed by atoms with Crippen LogP contribution in [0.15, 0.2) is 23.1 Å². The summed E-state index contributed by atoms with van der Waals surface area (Å²) in [6.07, 6.45) is 0.592. The minimum atomic E-state index is -0.931. The quantitative estimate of drug-likeness (QED) is 0.630. The first-order valence-electron chi connectivity index (χ1n) is 6.44. The van der Waals surface area contributed by atoms with E-state index in [2.05, 4.69) is 4.74 Å². The van der Waals surface area contributed by atoms with Gasteiger partial charge in [-0.3, -0.25) is 9.59 Å². The highest BCUT2D eigenvalue weighted by molar-refractivity contribution is 8.00. The zero-order valence-electron chi connectivity index (χ0n) is 11.5. The number of methoxy groups -OCH3 is 1. The third-order valence-corrected chi connectivity index (χ3v) is 4.31. The number of carbonyl (C=O) groups excluding carboxylic acids is 2. The first-order chi connectivity index (χ1) is 10.0. The van der Waals surface area contributed by atoms with Gasteiger partial charge >= 0.3 is 5.97 Å². The number of hydrogen-bond acceptors (Lipinski definition) is 4. The number of thioether (sulfide) groups is 1. The van der Waals surface area contributed by atoms with Crippen molar-refractivity contribution >= 4 is 23.6 Å². The van der Waals surface area contributed by atoms with Crippen LogP contribution < -0.4 is 0 Å². The summed E-state index contributed by atoms with van der Waals surface area (Å²) in [4.78, 5) is 25.5. The molecule has 1 aromatic carbocycles. The van der Waals surface area contributed by atoms with Gasteiger partial charge in [-0.1, -0.05) is 0 Å². The predicted molar refractivity (Wildman–Crippen MR) is 73.8 cm³/mol. The highest BCUT2D eigenvalue weighted by Gasteiger charge is 2.31. The third kappa shape index (κ3) is 3.93. The summed E-state index contributed by atoms with van der Waals surface area (Å²) in [7, 11) is 1.33. The van der Waals surface area contributed by atoms with Gasteiger partial charge in [-0.2, -0.15) is 0 Å². The number of hydrogen-bond donors (Lipinski definition) is 0. The lowest BCUT2D eigenvalue weighted by molar-refractivity contribution is -0.145. The lowest BCUT2D eigenvalue weighted by Gasteiger charge is -2.15. The van der Waals surface area contributed by atoms with Gasteiger partial charge in [0.15, 0.2) is 11.6 Å². The molecule has 2 rings (SSSR count). The fourth-order valence-electron chi connectivity index (χ4n) is 2.15. The molecule has 1 saturated heterocycles. The smallest absolute Gasteiger partial charge is 0.310 e. The topological polar surface area (TPSA) is 46.6 Å². The first kappa shape index (κ1) is 15.8. The zero-order chi connectivity index (χ0) is 15.4. The van der Waals surface area contributed by atoms with Gasteiger partial charge in [-0.05, 0) is 24.6 Å². The molecule has 1 aromatic rings. The van der Waals surface area contributed by atoms with Gasteiger partial charge in [0.1, 0.15) is 0 Å². The zero-order valence-corrected chi connectivity index (χ0v) is 12.3. The molecule has 1 aliphatic heterocycles. The Kier molecular flexibility index (Phi) is 5.17. The number of esters is 1. The molecule has 7 heteroatoms. The molecule has 0 N–H and O–H groups in total. The monoisotopic (exact) mass is 315 g/mol. The van der Waals surface area contributed by atoms with E-state index < -0.39 is 11.6 Å². The van der Waals surface area contributed by atoms with Crippen LogP contribution in [-0.4, -0.2) is 42.7 Å². The van der Waals surface area contributed by atoms with E-state index in [1.807, 2.05) is 0 Å². The summed E-state index contributed by atoms with van der Waals surface area (Å²) in [5.41, 5.74) is 0. The predicted octanol–water partition coefficient (Wildman–Crippen LogP) is 2.08. The van der Waals surface area contributed by atoms with Crippen molar-refractivity contribution in [3.63, 3.8) is 0 Å². The molecule has 1 fully saturated rings. The van der Waals surface area contributed by atoms with Crippen molar-refractivity contribution in [3.8, 4) is 0 Å². The van der Waals surface area contributed by atoms with Gasteiger partial charge in [-0.25, -0.2) is 8.78 Å². The summed E-state index contributed by atoms with van der Waals surface area (Å²) in [6, 6.07) is 3.53. The fourth-order valence-corrected chi connectivity index (χ4v) is 2.97. The van der Waals surface area contributed by atoms with E-state index in [4.69, 9.17) is 0 Å². The van der Waals surface area contributed by atoms with Crippen molar-refractivity contribution in [2.24, 2.45) is 5.92 Å². The number of halogens is 2. The van der Waals surface area contributed by atoms with E-state index in [9.17, 15) is 18.4 Å². The Morgan fingerprint density at radius 2 is 2.14 bits per heavy atom. The Labute approximate surface area is 125 Å². The number of likely N-dealkylation sites (tertiary alicyclic amines) is 1. The number of nitrogens with zero attached hydrogens (tertiary/aromatic N) is 1. The van der Waals surface area contributed by atoms with Gasteiger partial charge in [0, 0.05) is 18.0 Å². The molecule has 0 radical (unpaired) electrons. The molecule has 1 unspecified atom stereocenters. The molecule has 1 amide bonds. The van der Waals surface area contributed by atoms with E-state index in [1.165, 1.54) is 13.2 Å². The van der Waals surface area contributed by atoms with Crippen LogP contribution >= 0.6 is 11.8 Å². The molecule has 0 spiro atoms. The summed E-state index contributed by atoms with van der Waals surface area (Å²) >= 11 is 1.14. The molecule has 4 nitrogen and oxygen atoms in total. The van der Waals surface area contributed by atoms with Crippen molar-refractivity contribution in [3.05, 3.63) is 29.8 Å². The van der Waals surface area contributed by atoms with Gasteiger partial charge in [0.25, 0.3) is 0 Å². The first-order valence-corrected chi connectivity index (χ1v) is 7.43. The van der Waals surface area contributed by atoms with E-state index >= 15 is 0 Å². The lowest BCUT2D eigenvalue weighted by Crippen LogP contribution is -2.31. The molecular formula is C14H15F2NO3S. The van der Waals surface area contributed by atoms with Crippen LogP contribution in [0.5, 0.6) is 0 Å². The largest absolute Gasteiger partial charge is 0.469 e. The van der Waals surface area contributed by atoms with E-state index in [-0.39, 0.29) is 23.5 Å². The molecule has 0 aromatic heterocycles. The molecule has 1 heterocycles. The Balaban J connectivity index is 1.85. The molecule has 0 saturated carbocycles. The van der Waals surface area contributed by atoms with Crippen LogP contribution in [-0.2, 0) is 14.3 Å². The van der Waals surface area contributed by atoms with Gasteiger partial charge in [0.05, 0.1) is 18.8 Å². The Morgan fingerprint density at radius 1 is 1.38 bits per heavy atom. The number of benzene rings is 1. The van der Waals surface area contributed by atoms with Crippen LogP contribution in [0.25, 0.3) is 0 Å². The van der Waals surface area contributed by atoms with Crippen LogP contribution in [0, 0.1) is 17.6 Å². The van der Waals surface area contributed by atoms with Crippen LogP contribution in [0.1, 0.15) is 6.42 Å². The minimum Gasteiger partial charge on any atom is -0.469 e. The number of carbonyl (C=O) groups is 2. The Hall–Kier alpha value is -1.63. The number of ether oxygens (including phenoxy) is 1. The molecule has 114 valence electrons. The van der Waals surface area contributed by atoms with E-state index in [1.54, 1.807) is 4.90 Å². The third-order valence-electron chi connectivity index (χ3n) is 3.33. The Morgan fingerprint density at radius 3 is 2.81 bits per heavy atom. The summed E-state index contributed by atoms with van der Waals surface area (Å²) < 4.78 is 30.5. The summed E-state index contributed by atoms with van der Waals surface area (Å²) in [5.74, 6) is -2.42. The van der Waals surface area contributed by atoms with Crippen molar-refractivity contribution in [2.45, 2.75) is 11.3 Å². The molecule has 1 aliphatic rings. The van der Waals surface area contributed by atoms with Crippen molar-refractivity contribution in [2.75, 3.05) is 26.0 Å². The number of rotatable bonds is 4. The highest BCUT2D eigenvalue weighted by atomic mass is 32.2. The fraction of sp³-hybridized carbons (Fsp3) is 0.429. The second-order valence-electron chi connectivity index (χ2n) is 4.71. The van der Waals surface area contributed by atoms with E-state index in [0.717, 1.165) is 23.9 Å². The Bertz CT molecular complexity index is 553. The maximum Gasteiger partial charge on any atom is 0.310 e. The average Bonchev–Trinajstić information content (AvgIpc) is 2.97. The van der Waals surface area contributed by atoms with Gasteiger partial charge in [-0.15, -0.1) is 11.8 Å². The molecule has 1 atom stereocenters. The molecular weight excluding hydrogens is 300 g/mol. The number of amides is 1. The maximum absolute atomic E-state index is 13.0. The van der Waals surface area contributed by atoms with Crippen molar-refractivity contribution < 1.29 is 23.1 Å². The summed E-state index contributed by atoms with van der Waals surface area (Å²) in [5, 5.41) is 0. The van der Waals surface area contributed by atoms with Crippen LogP contribution in [0.4, 0.5) is 8.78 Å². The molecule has 0 aliphatic carbocycles. The normalized spacial score (nSPS) is 17.9. The highest BCUT2D eigenvalue weighted by Crippen LogP contribution is 2.23. The van der Waals surface area contributed by atoms with Crippen LogP contribution in [0.3, 0.4) is 0 Å². The van der Waals surface area contributed by atoms with Crippen LogP contribution in [0.2, 0.25) is 0 Å². The maximum atomic E-state index is 13.0. The van der Waals surface area contributed by atoms with Gasteiger partial charge in [0.2, 0.25) is 5.91 Å². The molecule has 0 bridgehead atoms.